The summed E-state index contributed by atoms with van der Waals surface area (Å²) in [6.45, 7) is 0.435. The van der Waals surface area contributed by atoms with E-state index < -0.39 is 0 Å². The zero-order valence-corrected chi connectivity index (χ0v) is 16.6. The molecular weight excluding hydrogens is 378 g/mol. The van der Waals surface area contributed by atoms with Crippen molar-refractivity contribution in [3.8, 4) is 5.69 Å². The molecule has 1 atom stereocenters. The van der Waals surface area contributed by atoms with Crippen LogP contribution in [0.25, 0.3) is 5.69 Å². The first-order chi connectivity index (χ1) is 14.3. The third-order valence-corrected chi connectivity index (χ3v) is 5.73. The van der Waals surface area contributed by atoms with Crippen molar-refractivity contribution in [3.63, 3.8) is 0 Å². The van der Waals surface area contributed by atoms with E-state index in [1.54, 1.807) is 18.0 Å². The van der Waals surface area contributed by atoms with Gasteiger partial charge in [-0.1, -0.05) is 66.7 Å². The Morgan fingerprint density at radius 3 is 2.21 bits per heavy atom. The molecule has 0 aliphatic heterocycles. The van der Waals surface area contributed by atoms with Crippen LogP contribution in [0.15, 0.2) is 108 Å². The first kappa shape index (κ1) is 19.0. The quantitative estimate of drug-likeness (QED) is 0.444. The van der Waals surface area contributed by atoms with Crippen LogP contribution >= 0.6 is 11.8 Å². The van der Waals surface area contributed by atoms with E-state index in [4.69, 9.17) is 0 Å². The lowest BCUT2D eigenvalue weighted by molar-refractivity contribution is -0.120. The summed E-state index contributed by atoms with van der Waals surface area (Å²) in [6, 6.07) is 29.8. The maximum Gasteiger partial charge on any atom is 0.238 e. The van der Waals surface area contributed by atoms with Gasteiger partial charge in [-0.3, -0.25) is 4.79 Å². The van der Waals surface area contributed by atoms with Gasteiger partial charge in [-0.25, -0.2) is 4.68 Å². The van der Waals surface area contributed by atoms with Crippen molar-refractivity contribution in [2.45, 2.75) is 16.7 Å². The number of benzene rings is 3. The van der Waals surface area contributed by atoms with E-state index in [0.717, 1.165) is 21.7 Å². The minimum atomic E-state index is -0.317. The van der Waals surface area contributed by atoms with Gasteiger partial charge in [0.15, 0.2) is 0 Å². The standard InChI is InChI=1S/C24H21N3OS/c28-24(25-16-19-17-26-27(18-19)21-12-6-2-7-13-21)23(20-10-4-1-5-11-20)29-22-14-8-3-9-15-22/h1-15,17-18,23H,16H2,(H,25,28)/t23-/m0/s1. The molecule has 0 saturated carbocycles. The van der Waals surface area contributed by atoms with Crippen LogP contribution in [0, 0.1) is 0 Å². The molecule has 1 aromatic heterocycles. The zero-order chi connectivity index (χ0) is 19.9. The van der Waals surface area contributed by atoms with Crippen LogP contribution in [0.2, 0.25) is 0 Å². The molecule has 4 nitrogen and oxygen atoms in total. The van der Waals surface area contributed by atoms with Crippen molar-refractivity contribution in [1.29, 1.82) is 0 Å². The van der Waals surface area contributed by atoms with Crippen LogP contribution in [0.5, 0.6) is 0 Å². The van der Waals surface area contributed by atoms with Crippen LogP contribution < -0.4 is 5.32 Å². The molecular formula is C24H21N3OS. The number of nitrogens with one attached hydrogen (secondary N) is 1. The number of para-hydroxylation sites is 1. The van der Waals surface area contributed by atoms with Gasteiger partial charge in [0.2, 0.25) is 5.91 Å². The molecule has 29 heavy (non-hydrogen) atoms. The Bertz CT molecular complexity index is 1050. The van der Waals surface area contributed by atoms with Crippen LogP contribution in [-0.4, -0.2) is 15.7 Å². The average Bonchev–Trinajstić information content (AvgIpc) is 3.27. The molecule has 144 valence electrons. The molecule has 3 aromatic carbocycles. The predicted molar refractivity (Wildman–Crippen MR) is 117 cm³/mol. The fourth-order valence-electron chi connectivity index (χ4n) is 2.99. The molecule has 0 aliphatic rings. The Labute approximate surface area is 174 Å². The van der Waals surface area contributed by atoms with Crippen LogP contribution in [0.4, 0.5) is 0 Å². The third-order valence-electron chi connectivity index (χ3n) is 4.46. The van der Waals surface area contributed by atoms with E-state index in [0.29, 0.717) is 6.54 Å². The minimum absolute atomic E-state index is 0.0162. The molecule has 1 N–H and O–H groups in total. The topological polar surface area (TPSA) is 46.9 Å². The van der Waals surface area contributed by atoms with E-state index in [2.05, 4.69) is 10.4 Å². The fourth-order valence-corrected chi connectivity index (χ4v) is 4.06. The van der Waals surface area contributed by atoms with Gasteiger partial charge in [-0.2, -0.15) is 5.10 Å². The Morgan fingerprint density at radius 2 is 1.52 bits per heavy atom. The lowest BCUT2D eigenvalue weighted by atomic mass is 10.1. The summed E-state index contributed by atoms with van der Waals surface area (Å²) in [5.74, 6) is -0.0162. The first-order valence-electron chi connectivity index (χ1n) is 9.43. The number of nitrogens with zero attached hydrogens (tertiary/aromatic N) is 2. The molecule has 1 amide bonds. The predicted octanol–water partition coefficient (Wildman–Crippen LogP) is 5.02. The Kier molecular flexibility index (Phi) is 6.07. The Balaban J connectivity index is 1.46. The summed E-state index contributed by atoms with van der Waals surface area (Å²) in [6.07, 6.45) is 3.73. The summed E-state index contributed by atoms with van der Waals surface area (Å²) < 4.78 is 1.81. The smallest absolute Gasteiger partial charge is 0.238 e. The number of hydrogen-bond donors (Lipinski definition) is 1. The van der Waals surface area contributed by atoms with E-state index in [1.807, 2.05) is 102 Å². The number of rotatable bonds is 7. The molecule has 4 rings (SSSR count). The highest BCUT2D eigenvalue weighted by Gasteiger charge is 2.21. The number of thioether (sulfide) groups is 1. The monoisotopic (exact) mass is 399 g/mol. The number of carbonyl (C=O) groups excluding carboxylic acids is 1. The van der Waals surface area contributed by atoms with Crippen molar-refractivity contribution < 1.29 is 4.79 Å². The van der Waals surface area contributed by atoms with E-state index in [-0.39, 0.29) is 11.2 Å². The van der Waals surface area contributed by atoms with Gasteiger partial charge in [0.05, 0.1) is 11.9 Å². The van der Waals surface area contributed by atoms with Gasteiger partial charge in [-0.05, 0) is 29.8 Å². The van der Waals surface area contributed by atoms with Gasteiger partial charge in [0.1, 0.15) is 5.25 Å². The molecule has 5 heteroatoms. The molecule has 1 heterocycles. The summed E-state index contributed by atoms with van der Waals surface area (Å²) >= 11 is 1.55. The summed E-state index contributed by atoms with van der Waals surface area (Å²) in [5, 5.41) is 7.15. The Hall–Kier alpha value is -3.31. The number of amides is 1. The maximum absolute atomic E-state index is 13.0. The van der Waals surface area contributed by atoms with E-state index >= 15 is 0 Å². The highest BCUT2D eigenvalue weighted by atomic mass is 32.2. The molecule has 0 radical (unpaired) electrons. The molecule has 0 unspecified atom stereocenters. The average molecular weight is 400 g/mol. The summed E-state index contributed by atoms with van der Waals surface area (Å²) in [4.78, 5) is 14.1. The van der Waals surface area contributed by atoms with Gasteiger partial charge in [-0.15, -0.1) is 11.8 Å². The van der Waals surface area contributed by atoms with Crippen molar-refractivity contribution in [3.05, 3.63) is 115 Å². The highest BCUT2D eigenvalue weighted by Crippen LogP contribution is 2.35. The van der Waals surface area contributed by atoms with Gasteiger partial charge in [0, 0.05) is 23.2 Å². The van der Waals surface area contributed by atoms with E-state index in [1.165, 1.54) is 0 Å². The first-order valence-corrected chi connectivity index (χ1v) is 10.3. The second-order valence-electron chi connectivity index (χ2n) is 6.57. The molecule has 4 aromatic rings. The largest absolute Gasteiger partial charge is 0.351 e. The maximum atomic E-state index is 13.0. The zero-order valence-electron chi connectivity index (χ0n) is 15.8. The van der Waals surface area contributed by atoms with Crippen molar-refractivity contribution >= 4 is 17.7 Å². The number of aromatic nitrogens is 2. The van der Waals surface area contributed by atoms with Crippen molar-refractivity contribution in [2.24, 2.45) is 0 Å². The molecule has 0 bridgehead atoms. The number of carbonyl (C=O) groups is 1. The minimum Gasteiger partial charge on any atom is -0.351 e. The molecule has 0 fully saturated rings. The van der Waals surface area contributed by atoms with Crippen LogP contribution in [0.1, 0.15) is 16.4 Å². The van der Waals surface area contributed by atoms with Gasteiger partial charge < -0.3 is 5.32 Å². The van der Waals surface area contributed by atoms with Gasteiger partial charge in [0.25, 0.3) is 0 Å². The van der Waals surface area contributed by atoms with E-state index in [9.17, 15) is 4.79 Å². The highest BCUT2D eigenvalue weighted by molar-refractivity contribution is 8.00. The van der Waals surface area contributed by atoms with Crippen molar-refractivity contribution in [2.75, 3.05) is 0 Å². The lowest BCUT2D eigenvalue weighted by Crippen LogP contribution is -2.27. The second kappa shape index (κ2) is 9.26. The molecule has 0 aliphatic carbocycles. The third kappa shape index (κ3) is 4.95. The van der Waals surface area contributed by atoms with Crippen molar-refractivity contribution in [1.82, 2.24) is 15.1 Å². The van der Waals surface area contributed by atoms with Gasteiger partial charge >= 0.3 is 0 Å². The Morgan fingerprint density at radius 1 is 0.897 bits per heavy atom. The summed E-state index contributed by atoms with van der Waals surface area (Å²) in [7, 11) is 0. The second-order valence-corrected chi connectivity index (χ2v) is 7.75. The van der Waals surface area contributed by atoms with Crippen LogP contribution in [0.3, 0.4) is 0 Å². The SMILES string of the molecule is O=C(NCc1cnn(-c2ccccc2)c1)[C@@H](Sc1ccccc1)c1ccccc1. The number of hydrogen-bond acceptors (Lipinski definition) is 3. The fraction of sp³-hybridized carbons (Fsp3) is 0.0833. The van der Waals surface area contributed by atoms with Crippen LogP contribution in [-0.2, 0) is 11.3 Å². The summed E-state index contributed by atoms with van der Waals surface area (Å²) in [5.41, 5.74) is 2.93. The lowest BCUT2D eigenvalue weighted by Gasteiger charge is -2.17. The molecule has 0 saturated heterocycles. The molecule has 0 spiro atoms. The normalized spacial score (nSPS) is 11.7.